The van der Waals surface area contributed by atoms with Crippen molar-refractivity contribution >= 4 is 18.7 Å². The van der Waals surface area contributed by atoms with Gasteiger partial charge in [-0.2, -0.15) is 12.6 Å². The maximum absolute atomic E-state index is 11.8. The molecule has 1 unspecified atom stereocenters. The second-order valence-corrected chi connectivity index (χ2v) is 5.61. The fraction of sp³-hybridized carbons (Fsp3) is 0.909. The van der Waals surface area contributed by atoms with Gasteiger partial charge in [-0.05, 0) is 27.8 Å². The summed E-state index contributed by atoms with van der Waals surface area (Å²) in [6, 6.07) is 0.324. The SMILES string of the molecule is CN1CCN(C(=O)OC(C)(C)C)CC1CS. The van der Waals surface area contributed by atoms with Crippen LogP contribution in [0.3, 0.4) is 0 Å². The Hall–Kier alpha value is -0.420. The minimum atomic E-state index is -0.420. The molecule has 16 heavy (non-hydrogen) atoms. The predicted octanol–water partition coefficient (Wildman–Crippen LogP) is 1.47. The highest BCUT2D eigenvalue weighted by Crippen LogP contribution is 2.14. The van der Waals surface area contributed by atoms with Crippen LogP contribution in [0.1, 0.15) is 20.8 Å². The number of hydrogen-bond acceptors (Lipinski definition) is 4. The molecule has 1 aliphatic heterocycles. The number of piperazine rings is 1. The van der Waals surface area contributed by atoms with E-state index in [9.17, 15) is 4.79 Å². The number of amides is 1. The van der Waals surface area contributed by atoms with Crippen molar-refractivity contribution in [2.45, 2.75) is 32.4 Å². The third-order valence-electron chi connectivity index (χ3n) is 2.64. The summed E-state index contributed by atoms with van der Waals surface area (Å²) in [6.07, 6.45) is -0.215. The normalized spacial score (nSPS) is 23.3. The molecule has 1 amide bonds. The van der Waals surface area contributed by atoms with Crippen LogP contribution in [0.15, 0.2) is 0 Å². The van der Waals surface area contributed by atoms with E-state index in [1.54, 1.807) is 4.90 Å². The predicted molar refractivity (Wildman–Crippen MR) is 68.1 cm³/mol. The Morgan fingerprint density at radius 1 is 1.44 bits per heavy atom. The number of hydrogen-bond donors (Lipinski definition) is 1. The molecule has 0 aromatic carbocycles. The summed E-state index contributed by atoms with van der Waals surface area (Å²) in [5.74, 6) is 0.760. The van der Waals surface area contributed by atoms with Crippen molar-refractivity contribution in [2.24, 2.45) is 0 Å². The molecule has 0 N–H and O–H groups in total. The molecule has 0 aromatic rings. The first-order valence-electron chi connectivity index (χ1n) is 5.62. The van der Waals surface area contributed by atoms with Gasteiger partial charge >= 0.3 is 6.09 Å². The van der Waals surface area contributed by atoms with Gasteiger partial charge in [0.25, 0.3) is 0 Å². The van der Waals surface area contributed by atoms with Crippen molar-refractivity contribution in [1.82, 2.24) is 9.80 Å². The molecule has 1 saturated heterocycles. The monoisotopic (exact) mass is 246 g/mol. The first-order valence-corrected chi connectivity index (χ1v) is 6.26. The van der Waals surface area contributed by atoms with Crippen molar-refractivity contribution < 1.29 is 9.53 Å². The Kier molecular flexibility index (Phi) is 4.50. The van der Waals surface area contributed by atoms with Crippen LogP contribution < -0.4 is 0 Å². The number of carbonyl (C=O) groups is 1. The van der Waals surface area contributed by atoms with Crippen molar-refractivity contribution in [3.05, 3.63) is 0 Å². The number of likely N-dealkylation sites (N-methyl/N-ethyl adjacent to an activating group) is 1. The molecule has 0 radical (unpaired) electrons. The molecular formula is C11H22N2O2S. The van der Waals surface area contributed by atoms with Crippen molar-refractivity contribution in [3.8, 4) is 0 Å². The minimum absolute atomic E-state index is 0.215. The Labute approximate surface area is 103 Å². The third kappa shape index (κ3) is 3.87. The van der Waals surface area contributed by atoms with E-state index in [0.717, 1.165) is 18.8 Å². The molecule has 1 atom stereocenters. The Morgan fingerprint density at radius 3 is 2.56 bits per heavy atom. The van der Waals surface area contributed by atoms with Gasteiger partial charge in [0.15, 0.2) is 0 Å². The smallest absolute Gasteiger partial charge is 0.410 e. The largest absolute Gasteiger partial charge is 0.444 e. The van der Waals surface area contributed by atoms with Crippen molar-refractivity contribution in [1.29, 1.82) is 0 Å². The summed E-state index contributed by atoms with van der Waals surface area (Å²) in [6.45, 7) is 7.97. The number of thiol groups is 1. The quantitative estimate of drug-likeness (QED) is 0.711. The molecule has 4 nitrogen and oxygen atoms in total. The van der Waals surface area contributed by atoms with E-state index in [4.69, 9.17) is 4.74 Å². The van der Waals surface area contributed by atoms with E-state index in [0.29, 0.717) is 12.6 Å². The lowest BCUT2D eigenvalue weighted by molar-refractivity contribution is 0.00976. The van der Waals surface area contributed by atoms with Gasteiger partial charge in [0.2, 0.25) is 0 Å². The molecule has 1 heterocycles. The van der Waals surface area contributed by atoms with Crippen LogP contribution in [0.2, 0.25) is 0 Å². The minimum Gasteiger partial charge on any atom is -0.444 e. The first kappa shape index (κ1) is 13.6. The Bertz CT molecular complexity index is 253. The number of rotatable bonds is 1. The van der Waals surface area contributed by atoms with Gasteiger partial charge in [0.05, 0.1) is 0 Å². The van der Waals surface area contributed by atoms with Gasteiger partial charge in [0.1, 0.15) is 5.60 Å². The lowest BCUT2D eigenvalue weighted by atomic mass is 10.2. The molecule has 1 rings (SSSR count). The van der Waals surface area contributed by atoms with Gasteiger partial charge in [-0.15, -0.1) is 0 Å². The summed E-state index contributed by atoms with van der Waals surface area (Å²) < 4.78 is 5.35. The molecule has 0 aliphatic carbocycles. The number of carbonyl (C=O) groups excluding carboxylic acids is 1. The highest BCUT2D eigenvalue weighted by atomic mass is 32.1. The lowest BCUT2D eigenvalue weighted by Crippen LogP contribution is -2.54. The molecule has 0 spiro atoms. The molecule has 0 bridgehead atoms. The van der Waals surface area contributed by atoms with Crippen LogP contribution in [-0.4, -0.2) is 60.0 Å². The standard InChI is InChI=1S/C11H22N2O2S/c1-11(2,3)15-10(14)13-6-5-12(4)9(7-13)8-16/h9,16H,5-8H2,1-4H3. The van der Waals surface area contributed by atoms with E-state index >= 15 is 0 Å². The van der Waals surface area contributed by atoms with E-state index < -0.39 is 5.60 Å². The van der Waals surface area contributed by atoms with Gasteiger partial charge in [0, 0.05) is 31.4 Å². The number of nitrogens with zero attached hydrogens (tertiary/aromatic N) is 2. The summed E-state index contributed by atoms with van der Waals surface area (Å²) in [7, 11) is 2.06. The summed E-state index contributed by atoms with van der Waals surface area (Å²) in [5, 5.41) is 0. The van der Waals surface area contributed by atoms with Gasteiger partial charge in [-0.3, -0.25) is 4.90 Å². The molecule has 0 aromatic heterocycles. The fourth-order valence-electron chi connectivity index (χ4n) is 1.64. The molecule has 1 fully saturated rings. The summed E-state index contributed by atoms with van der Waals surface area (Å²) >= 11 is 4.30. The van der Waals surface area contributed by atoms with E-state index in [1.807, 2.05) is 20.8 Å². The average molecular weight is 246 g/mol. The second kappa shape index (κ2) is 5.27. The highest BCUT2D eigenvalue weighted by Gasteiger charge is 2.29. The van der Waals surface area contributed by atoms with Crippen molar-refractivity contribution in [2.75, 3.05) is 32.4 Å². The fourth-order valence-corrected chi connectivity index (χ4v) is 2.03. The maximum Gasteiger partial charge on any atom is 0.410 e. The lowest BCUT2D eigenvalue weighted by Gasteiger charge is -2.39. The molecule has 5 heteroatoms. The Balaban J connectivity index is 2.52. The van der Waals surface area contributed by atoms with Crippen LogP contribution in [0.25, 0.3) is 0 Å². The zero-order valence-electron chi connectivity index (χ0n) is 10.6. The molecule has 0 saturated carbocycles. The summed E-state index contributed by atoms with van der Waals surface area (Å²) in [5.41, 5.74) is -0.420. The average Bonchev–Trinajstić information content (AvgIpc) is 2.15. The van der Waals surface area contributed by atoms with E-state index in [-0.39, 0.29) is 6.09 Å². The van der Waals surface area contributed by atoms with Crippen LogP contribution >= 0.6 is 12.6 Å². The molecular weight excluding hydrogens is 224 g/mol. The third-order valence-corrected chi connectivity index (χ3v) is 3.06. The maximum atomic E-state index is 11.8. The van der Waals surface area contributed by atoms with Crippen LogP contribution in [0, 0.1) is 0 Å². The molecule has 94 valence electrons. The van der Waals surface area contributed by atoms with Gasteiger partial charge < -0.3 is 9.64 Å². The second-order valence-electron chi connectivity index (χ2n) is 5.24. The summed E-state index contributed by atoms with van der Waals surface area (Å²) in [4.78, 5) is 15.8. The zero-order valence-corrected chi connectivity index (χ0v) is 11.5. The van der Waals surface area contributed by atoms with Gasteiger partial charge in [-0.1, -0.05) is 0 Å². The van der Waals surface area contributed by atoms with Gasteiger partial charge in [-0.25, -0.2) is 4.79 Å². The first-order chi connectivity index (χ1) is 7.33. The molecule has 1 aliphatic rings. The number of ether oxygens (including phenoxy) is 1. The van der Waals surface area contributed by atoms with Crippen LogP contribution in [0.4, 0.5) is 4.79 Å². The highest BCUT2D eigenvalue weighted by molar-refractivity contribution is 7.80. The van der Waals surface area contributed by atoms with Crippen molar-refractivity contribution in [3.63, 3.8) is 0 Å². The Morgan fingerprint density at radius 2 is 2.06 bits per heavy atom. The van der Waals surface area contributed by atoms with E-state index in [2.05, 4.69) is 24.6 Å². The van der Waals surface area contributed by atoms with E-state index in [1.165, 1.54) is 0 Å². The van der Waals surface area contributed by atoms with Crippen LogP contribution in [0.5, 0.6) is 0 Å². The topological polar surface area (TPSA) is 32.8 Å². The zero-order chi connectivity index (χ0) is 12.3. The van der Waals surface area contributed by atoms with Crippen LogP contribution in [-0.2, 0) is 4.74 Å².